The van der Waals surface area contributed by atoms with Crippen molar-refractivity contribution in [2.75, 3.05) is 0 Å². The van der Waals surface area contributed by atoms with Gasteiger partial charge in [-0.05, 0) is 72.3 Å². The third-order valence-corrected chi connectivity index (χ3v) is 12.8. The van der Waals surface area contributed by atoms with Gasteiger partial charge in [-0.2, -0.15) is 0 Å². The van der Waals surface area contributed by atoms with Crippen molar-refractivity contribution in [3.05, 3.63) is 188 Å². The fourth-order valence-corrected chi connectivity index (χ4v) is 10.6. The molecule has 4 aromatic heterocycles. The summed E-state index contributed by atoms with van der Waals surface area (Å²) < 4.78 is 4.69. The summed E-state index contributed by atoms with van der Waals surface area (Å²) >= 11 is 0. The molecule has 0 aliphatic rings. The number of hydrogen-bond acceptors (Lipinski definition) is 2. The van der Waals surface area contributed by atoms with Gasteiger partial charge in [0.25, 0.3) is 0 Å². The fraction of sp³-hybridized carbons (Fsp3) is 0. The molecule has 5 heteroatoms. The van der Waals surface area contributed by atoms with Crippen LogP contribution in [0.5, 0.6) is 0 Å². The zero-order valence-electron chi connectivity index (χ0n) is 27.7. The van der Waals surface area contributed by atoms with Crippen molar-refractivity contribution < 1.29 is 0 Å². The van der Waals surface area contributed by atoms with Gasteiger partial charge in [-0.25, -0.2) is 0 Å². The van der Waals surface area contributed by atoms with Crippen molar-refractivity contribution in [2.24, 2.45) is 0 Å². The monoisotopic (exact) mass is 667 g/mol. The predicted molar refractivity (Wildman–Crippen MR) is 214 cm³/mol. The Bertz CT molecular complexity index is 2800. The van der Waals surface area contributed by atoms with Crippen LogP contribution in [-0.4, -0.2) is 27.9 Å². The molecule has 0 aliphatic carbocycles. The van der Waals surface area contributed by atoms with E-state index >= 15 is 0 Å². The summed E-state index contributed by atoms with van der Waals surface area (Å²) in [6.45, 7) is 0. The van der Waals surface area contributed by atoms with Crippen molar-refractivity contribution in [3.8, 4) is 22.5 Å². The summed E-state index contributed by atoms with van der Waals surface area (Å²) in [4.78, 5) is 9.78. The van der Waals surface area contributed by atoms with Crippen LogP contribution in [0.4, 0.5) is 0 Å². The first-order valence-electron chi connectivity index (χ1n) is 17.2. The van der Waals surface area contributed by atoms with Crippen molar-refractivity contribution in [1.29, 1.82) is 0 Å². The highest BCUT2D eigenvalue weighted by Gasteiger charge is 2.38. The molecule has 0 bridgehead atoms. The molecule has 4 heterocycles. The van der Waals surface area contributed by atoms with E-state index in [1.165, 1.54) is 26.7 Å². The predicted octanol–water partition coefficient (Wildman–Crippen LogP) is 8.85. The lowest BCUT2D eigenvalue weighted by molar-refractivity contribution is 1.16. The highest BCUT2D eigenvalue weighted by molar-refractivity contribution is 6.96. The van der Waals surface area contributed by atoms with Crippen molar-refractivity contribution in [1.82, 2.24) is 19.1 Å². The lowest BCUT2D eigenvalue weighted by Gasteiger charge is -2.12. The Morgan fingerprint density at radius 1 is 0.451 bits per heavy atom. The molecule has 0 radical (unpaired) electrons. The Labute approximate surface area is 297 Å². The SMILES string of the molecule is c1ccc(-n2c3ccccc3c3ncc4c(c5cnccc5n4-c4ccc(-c5ccccc5[Si+](c5ccccc5)c5ccccc5)cc4)c32)cc1. The minimum Gasteiger partial charge on any atom is -0.307 e. The van der Waals surface area contributed by atoms with E-state index < -0.39 is 8.80 Å². The minimum absolute atomic E-state index is 0.992. The van der Waals surface area contributed by atoms with Crippen LogP contribution in [0, 0.1) is 0 Å². The molecule has 238 valence electrons. The smallest absolute Gasteiger partial charge is 0.307 e. The Morgan fingerprint density at radius 3 is 1.80 bits per heavy atom. The molecular formula is C46H31N4Si+. The second kappa shape index (κ2) is 12.1. The molecule has 6 aromatic carbocycles. The van der Waals surface area contributed by atoms with E-state index in [1.54, 1.807) is 0 Å². The molecular weight excluding hydrogens is 637 g/mol. The zero-order valence-corrected chi connectivity index (χ0v) is 28.7. The summed E-state index contributed by atoms with van der Waals surface area (Å²) in [5, 5.41) is 7.53. The molecule has 0 unspecified atom stereocenters. The van der Waals surface area contributed by atoms with E-state index in [0.29, 0.717) is 0 Å². The number of fused-ring (bicyclic) bond motifs is 7. The third kappa shape index (κ3) is 4.74. The summed E-state index contributed by atoms with van der Waals surface area (Å²) in [5.41, 5.74) is 10.1. The number of para-hydroxylation sites is 2. The summed E-state index contributed by atoms with van der Waals surface area (Å²) in [5.74, 6) is 0. The Balaban J connectivity index is 1.17. The van der Waals surface area contributed by atoms with E-state index in [9.17, 15) is 0 Å². The highest BCUT2D eigenvalue weighted by Crippen LogP contribution is 2.40. The van der Waals surface area contributed by atoms with Gasteiger partial charge in [-0.3, -0.25) is 9.97 Å². The van der Waals surface area contributed by atoms with E-state index in [2.05, 4.69) is 184 Å². The fourth-order valence-electron chi connectivity index (χ4n) is 7.79. The first kappa shape index (κ1) is 29.4. The molecule has 0 amide bonds. The quantitative estimate of drug-likeness (QED) is 0.131. The molecule has 10 rings (SSSR count). The highest BCUT2D eigenvalue weighted by atomic mass is 28.3. The van der Waals surface area contributed by atoms with Crippen molar-refractivity contribution >= 4 is 68.1 Å². The normalized spacial score (nSPS) is 11.5. The van der Waals surface area contributed by atoms with Crippen molar-refractivity contribution in [2.45, 2.75) is 0 Å². The topological polar surface area (TPSA) is 35.6 Å². The number of nitrogens with zero attached hydrogens (tertiary/aromatic N) is 4. The van der Waals surface area contributed by atoms with Crippen LogP contribution in [0.1, 0.15) is 0 Å². The zero-order chi connectivity index (χ0) is 33.7. The number of rotatable bonds is 6. The average molecular weight is 668 g/mol. The number of aromatic nitrogens is 4. The van der Waals surface area contributed by atoms with Gasteiger partial charge in [0, 0.05) is 45.5 Å². The molecule has 0 N–H and O–H groups in total. The molecule has 0 fully saturated rings. The van der Waals surface area contributed by atoms with Crippen LogP contribution in [0.15, 0.2) is 188 Å². The average Bonchev–Trinajstić information content (AvgIpc) is 3.73. The molecule has 0 saturated carbocycles. The van der Waals surface area contributed by atoms with Gasteiger partial charge in [-0.1, -0.05) is 103 Å². The van der Waals surface area contributed by atoms with E-state index in [0.717, 1.165) is 55.1 Å². The van der Waals surface area contributed by atoms with Gasteiger partial charge in [-0.15, -0.1) is 0 Å². The molecule has 4 nitrogen and oxygen atoms in total. The first-order chi connectivity index (χ1) is 25.3. The largest absolute Gasteiger partial charge is 0.429 e. The van der Waals surface area contributed by atoms with Crippen LogP contribution in [0.3, 0.4) is 0 Å². The lowest BCUT2D eigenvalue weighted by Crippen LogP contribution is -2.52. The maximum atomic E-state index is 5.16. The number of pyridine rings is 2. The first-order valence-corrected chi connectivity index (χ1v) is 18.7. The molecule has 0 aliphatic heterocycles. The van der Waals surface area contributed by atoms with Crippen molar-refractivity contribution in [3.63, 3.8) is 0 Å². The van der Waals surface area contributed by atoms with Gasteiger partial charge in [0.05, 0.1) is 33.8 Å². The van der Waals surface area contributed by atoms with Crippen LogP contribution in [0.2, 0.25) is 0 Å². The van der Waals surface area contributed by atoms with Gasteiger partial charge >= 0.3 is 8.80 Å². The lowest BCUT2D eigenvalue weighted by atomic mass is 10.1. The van der Waals surface area contributed by atoms with Gasteiger partial charge < -0.3 is 9.13 Å². The molecule has 0 atom stereocenters. The maximum Gasteiger partial charge on any atom is 0.429 e. The molecule has 0 spiro atoms. The van der Waals surface area contributed by atoms with Crippen LogP contribution >= 0.6 is 0 Å². The number of benzene rings is 6. The number of hydrogen-bond donors (Lipinski definition) is 0. The molecule has 10 aromatic rings. The third-order valence-electron chi connectivity index (χ3n) is 9.98. The van der Waals surface area contributed by atoms with Crippen LogP contribution in [0.25, 0.3) is 66.2 Å². The van der Waals surface area contributed by atoms with Crippen LogP contribution < -0.4 is 15.6 Å². The van der Waals surface area contributed by atoms with E-state index in [1.807, 2.05) is 18.6 Å². The minimum atomic E-state index is -1.25. The second-order valence-electron chi connectivity index (χ2n) is 12.8. The van der Waals surface area contributed by atoms with Gasteiger partial charge in [0.15, 0.2) is 0 Å². The Hall–Kier alpha value is -6.56. The summed E-state index contributed by atoms with van der Waals surface area (Å²) in [6, 6.07) is 61.2. The molecule has 51 heavy (non-hydrogen) atoms. The summed E-state index contributed by atoms with van der Waals surface area (Å²) in [7, 11) is -1.25. The van der Waals surface area contributed by atoms with Gasteiger partial charge in [0.2, 0.25) is 0 Å². The Kier molecular flexibility index (Phi) is 6.96. The van der Waals surface area contributed by atoms with Gasteiger partial charge in [0.1, 0.15) is 15.6 Å². The van der Waals surface area contributed by atoms with E-state index in [4.69, 9.17) is 4.98 Å². The Morgan fingerprint density at radius 2 is 1.06 bits per heavy atom. The molecule has 0 saturated heterocycles. The standard InChI is InChI=1S/C46H31N4Si/c1-4-14-33(15-5-1)50-40-22-12-10-21-38(40)45-46(50)44-39-30-47-29-28-41(39)49(42(44)31-48-45)34-26-24-32(25-27-34)37-20-11-13-23-43(37)51(35-16-6-2-7-17-35)36-18-8-3-9-19-36/h1-31H/q+1. The second-order valence-corrected chi connectivity index (χ2v) is 15.3. The van der Waals surface area contributed by atoms with Crippen LogP contribution in [-0.2, 0) is 0 Å². The van der Waals surface area contributed by atoms with E-state index in [-0.39, 0.29) is 0 Å². The maximum absolute atomic E-state index is 5.16. The summed E-state index contributed by atoms with van der Waals surface area (Å²) in [6.07, 6.45) is 5.93.